The van der Waals surface area contributed by atoms with Crippen LogP contribution in [0.1, 0.15) is 25.3 Å². The van der Waals surface area contributed by atoms with E-state index in [1.165, 1.54) is 16.5 Å². The summed E-state index contributed by atoms with van der Waals surface area (Å²) in [7, 11) is 2.06. The molecule has 0 amide bonds. The summed E-state index contributed by atoms with van der Waals surface area (Å²) in [5.74, 6) is 0.465. The Morgan fingerprint density at radius 3 is 2.59 bits per heavy atom. The molecule has 1 aromatic carbocycles. The Balaban J connectivity index is 2.20. The van der Waals surface area contributed by atoms with Gasteiger partial charge in [-0.3, -0.25) is 0 Å². The molecule has 90 valence electrons. The molecule has 2 N–H and O–H groups in total. The topological polar surface area (TPSA) is 30.9 Å². The Labute approximate surface area is 106 Å². The lowest BCUT2D eigenvalue weighted by Gasteiger charge is -2.00. The number of aryl methyl sites for hydroxylation is 1. The minimum atomic E-state index is 0.216. The van der Waals surface area contributed by atoms with Crippen LogP contribution in [0.4, 0.5) is 0 Å². The van der Waals surface area contributed by atoms with Crippen molar-refractivity contribution in [2.75, 3.05) is 0 Å². The standard InChI is InChI=1S/C14H17ClN2/c1-14(2)12(13(14)16)10-7-17(3)11-6-8(15)4-5-9(10)11/h4-7,12-13H,16H2,1-3H3. The van der Waals surface area contributed by atoms with Crippen LogP contribution in [0.5, 0.6) is 0 Å². The van der Waals surface area contributed by atoms with Crippen LogP contribution >= 0.6 is 11.6 Å². The predicted molar refractivity (Wildman–Crippen MR) is 72.4 cm³/mol. The van der Waals surface area contributed by atoms with Crippen LogP contribution in [-0.4, -0.2) is 10.6 Å². The molecule has 0 spiro atoms. The van der Waals surface area contributed by atoms with Crippen LogP contribution < -0.4 is 5.73 Å². The maximum absolute atomic E-state index is 6.17. The molecular weight excluding hydrogens is 232 g/mol. The van der Waals surface area contributed by atoms with Gasteiger partial charge in [-0.1, -0.05) is 31.5 Å². The smallest absolute Gasteiger partial charge is 0.0495 e. The highest BCUT2D eigenvalue weighted by Gasteiger charge is 2.56. The highest BCUT2D eigenvalue weighted by Crippen LogP contribution is 2.58. The summed E-state index contributed by atoms with van der Waals surface area (Å²) in [5, 5.41) is 2.06. The third kappa shape index (κ3) is 1.44. The molecule has 0 bridgehead atoms. The second kappa shape index (κ2) is 3.27. The van der Waals surface area contributed by atoms with Crippen LogP contribution in [0.2, 0.25) is 5.02 Å². The number of nitrogens with zero attached hydrogens (tertiary/aromatic N) is 1. The molecule has 1 saturated carbocycles. The SMILES string of the molecule is Cn1cc(C2C(N)C2(C)C)c2ccc(Cl)cc21. The van der Waals surface area contributed by atoms with E-state index in [1.54, 1.807) is 0 Å². The molecule has 1 aliphatic carbocycles. The summed E-state index contributed by atoms with van der Waals surface area (Å²) < 4.78 is 2.14. The number of halogens is 1. The molecule has 3 heteroatoms. The van der Waals surface area contributed by atoms with Crippen molar-refractivity contribution in [1.29, 1.82) is 0 Å². The minimum Gasteiger partial charge on any atom is -0.350 e. The van der Waals surface area contributed by atoms with Gasteiger partial charge in [0.05, 0.1) is 0 Å². The number of nitrogens with two attached hydrogens (primary N) is 1. The molecule has 2 nitrogen and oxygen atoms in total. The molecule has 0 radical (unpaired) electrons. The van der Waals surface area contributed by atoms with Gasteiger partial charge in [-0.25, -0.2) is 0 Å². The minimum absolute atomic E-state index is 0.216. The van der Waals surface area contributed by atoms with Gasteiger partial charge in [0.15, 0.2) is 0 Å². The van der Waals surface area contributed by atoms with Crippen molar-refractivity contribution >= 4 is 22.5 Å². The van der Waals surface area contributed by atoms with Crippen molar-refractivity contribution in [3.05, 3.63) is 35.0 Å². The average Bonchev–Trinajstić information content (AvgIpc) is 2.60. The zero-order valence-corrected chi connectivity index (χ0v) is 11.1. The van der Waals surface area contributed by atoms with Gasteiger partial charge in [0.1, 0.15) is 0 Å². The Hall–Kier alpha value is -0.990. The lowest BCUT2D eigenvalue weighted by Crippen LogP contribution is -2.06. The number of hydrogen-bond donors (Lipinski definition) is 1. The molecule has 1 fully saturated rings. The molecule has 2 aromatic rings. The number of fused-ring (bicyclic) bond motifs is 1. The van der Waals surface area contributed by atoms with Gasteiger partial charge >= 0.3 is 0 Å². The first-order valence-electron chi connectivity index (χ1n) is 5.93. The fraction of sp³-hybridized carbons (Fsp3) is 0.429. The number of aromatic nitrogens is 1. The second-order valence-corrected chi connectivity index (χ2v) is 6.12. The molecule has 1 aromatic heterocycles. The third-order valence-electron chi connectivity index (χ3n) is 4.23. The maximum Gasteiger partial charge on any atom is 0.0495 e. The zero-order chi connectivity index (χ0) is 12.4. The predicted octanol–water partition coefficient (Wildman–Crippen LogP) is 3.28. The Morgan fingerprint density at radius 1 is 1.35 bits per heavy atom. The van der Waals surface area contributed by atoms with Crippen molar-refractivity contribution in [3.8, 4) is 0 Å². The molecule has 17 heavy (non-hydrogen) atoms. The van der Waals surface area contributed by atoms with E-state index < -0.39 is 0 Å². The van der Waals surface area contributed by atoms with Crippen molar-refractivity contribution in [2.45, 2.75) is 25.8 Å². The number of rotatable bonds is 1. The lowest BCUT2D eigenvalue weighted by atomic mass is 10.0. The van der Waals surface area contributed by atoms with E-state index >= 15 is 0 Å². The monoisotopic (exact) mass is 248 g/mol. The fourth-order valence-electron chi connectivity index (χ4n) is 2.91. The molecule has 1 aliphatic rings. The largest absolute Gasteiger partial charge is 0.350 e. The molecule has 2 unspecified atom stereocenters. The summed E-state index contributed by atoms with van der Waals surface area (Å²) in [6.07, 6.45) is 2.19. The van der Waals surface area contributed by atoms with Gasteiger partial charge in [-0.15, -0.1) is 0 Å². The molecule has 2 atom stereocenters. The van der Waals surface area contributed by atoms with Crippen LogP contribution in [0.25, 0.3) is 10.9 Å². The van der Waals surface area contributed by atoms with Crippen LogP contribution in [0.15, 0.2) is 24.4 Å². The van der Waals surface area contributed by atoms with Gasteiger partial charge in [0, 0.05) is 41.1 Å². The van der Waals surface area contributed by atoms with E-state index in [0.29, 0.717) is 5.92 Å². The Bertz CT molecular complexity index is 598. The van der Waals surface area contributed by atoms with Gasteiger partial charge in [0.25, 0.3) is 0 Å². The first-order valence-corrected chi connectivity index (χ1v) is 6.31. The summed E-state index contributed by atoms with van der Waals surface area (Å²) in [6, 6.07) is 6.34. The highest BCUT2D eigenvalue weighted by atomic mass is 35.5. The first-order chi connectivity index (χ1) is 7.93. The van der Waals surface area contributed by atoms with E-state index in [0.717, 1.165) is 5.02 Å². The Morgan fingerprint density at radius 2 is 2.00 bits per heavy atom. The highest BCUT2D eigenvalue weighted by molar-refractivity contribution is 6.31. The number of benzene rings is 1. The van der Waals surface area contributed by atoms with Crippen molar-refractivity contribution in [1.82, 2.24) is 4.57 Å². The van der Waals surface area contributed by atoms with Crippen molar-refractivity contribution in [3.63, 3.8) is 0 Å². The summed E-state index contributed by atoms with van der Waals surface area (Å²) in [4.78, 5) is 0. The first kappa shape index (κ1) is 11.1. The molecule has 0 saturated heterocycles. The van der Waals surface area contributed by atoms with Gasteiger partial charge in [-0.05, 0) is 23.1 Å². The van der Waals surface area contributed by atoms with E-state index in [1.807, 2.05) is 12.1 Å². The third-order valence-corrected chi connectivity index (χ3v) is 4.46. The normalized spacial score (nSPS) is 26.4. The lowest BCUT2D eigenvalue weighted by molar-refractivity contribution is 0.599. The van der Waals surface area contributed by atoms with Crippen LogP contribution in [-0.2, 0) is 7.05 Å². The zero-order valence-electron chi connectivity index (χ0n) is 10.4. The van der Waals surface area contributed by atoms with Gasteiger partial charge < -0.3 is 10.3 Å². The Kier molecular flexibility index (Phi) is 2.14. The van der Waals surface area contributed by atoms with Crippen LogP contribution in [0.3, 0.4) is 0 Å². The molecule has 0 aliphatic heterocycles. The average molecular weight is 249 g/mol. The summed E-state index contributed by atoms with van der Waals surface area (Å²) in [5.41, 5.74) is 8.93. The van der Waals surface area contributed by atoms with E-state index in [4.69, 9.17) is 17.3 Å². The van der Waals surface area contributed by atoms with E-state index in [2.05, 4.69) is 37.7 Å². The quantitative estimate of drug-likeness (QED) is 0.825. The van der Waals surface area contributed by atoms with E-state index in [-0.39, 0.29) is 11.5 Å². The van der Waals surface area contributed by atoms with E-state index in [9.17, 15) is 0 Å². The fourth-order valence-corrected chi connectivity index (χ4v) is 3.07. The maximum atomic E-state index is 6.17. The second-order valence-electron chi connectivity index (χ2n) is 5.68. The van der Waals surface area contributed by atoms with Crippen molar-refractivity contribution < 1.29 is 0 Å². The molecular formula is C14H17ClN2. The summed E-state index contributed by atoms with van der Waals surface area (Å²) >= 11 is 6.04. The molecule has 1 heterocycles. The van der Waals surface area contributed by atoms with Gasteiger partial charge in [0.2, 0.25) is 0 Å². The molecule has 3 rings (SSSR count). The van der Waals surface area contributed by atoms with Crippen molar-refractivity contribution in [2.24, 2.45) is 18.2 Å². The van der Waals surface area contributed by atoms with Crippen LogP contribution in [0, 0.1) is 5.41 Å². The summed E-state index contributed by atoms with van der Waals surface area (Å²) in [6.45, 7) is 4.47. The number of hydrogen-bond acceptors (Lipinski definition) is 1. The van der Waals surface area contributed by atoms with Gasteiger partial charge in [-0.2, -0.15) is 0 Å².